The lowest BCUT2D eigenvalue weighted by Gasteiger charge is -2.13. The Kier molecular flexibility index (Phi) is 9.24. The molecule has 4 rings (SSSR count). The Morgan fingerprint density at radius 3 is 2.29 bits per heavy atom. The summed E-state index contributed by atoms with van der Waals surface area (Å²) in [5.41, 5.74) is 0.347. The monoisotopic (exact) mass is 712 g/mol. The summed E-state index contributed by atoms with van der Waals surface area (Å²) in [6.07, 6.45) is -3.14. The number of carboxylic acid groups (broad SMARTS) is 1. The van der Waals surface area contributed by atoms with Gasteiger partial charge in [0, 0.05) is 5.69 Å². The Hall–Kier alpha value is -3.62. The summed E-state index contributed by atoms with van der Waals surface area (Å²) in [5, 5.41) is 10.6. The number of amides is 3. The highest BCUT2D eigenvalue weighted by Crippen LogP contribution is 2.38. The normalized spacial score (nSPS) is 14.5. The number of carbonyl (C=O) groups is 4. The number of rotatable bonds is 8. The molecular weight excluding hydrogens is 697 g/mol. The van der Waals surface area contributed by atoms with E-state index < -0.39 is 41.3 Å². The number of carbonyl (C=O) groups excluding carboxylic acids is 3. The average molecular weight is 714 g/mol. The van der Waals surface area contributed by atoms with Gasteiger partial charge in [-0.15, -0.1) is 0 Å². The third kappa shape index (κ3) is 7.57. The molecule has 1 heterocycles. The summed E-state index contributed by atoms with van der Waals surface area (Å²) in [7, 11) is 0. The molecule has 0 spiro atoms. The predicted molar refractivity (Wildman–Crippen MR) is 152 cm³/mol. The summed E-state index contributed by atoms with van der Waals surface area (Å²) in [6.45, 7) is -0.524. The molecule has 14 heteroatoms. The molecule has 2 N–H and O–H groups in total. The first kappa shape index (κ1) is 30.3. The van der Waals surface area contributed by atoms with E-state index in [0.29, 0.717) is 36.9 Å². The average Bonchev–Trinajstić information content (AvgIpc) is 3.15. The summed E-state index contributed by atoms with van der Waals surface area (Å²) >= 11 is 7.46. The lowest BCUT2D eigenvalue weighted by atomic mass is 10.1. The molecule has 1 saturated heterocycles. The number of alkyl halides is 3. The minimum atomic E-state index is -4.60. The molecule has 1 fully saturated rings. The molecule has 8 nitrogen and oxygen atoms in total. The van der Waals surface area contributed by atoms with E-state index in [1.54, 1.807) is 24.3 Å². The third-order valence-electron chi connectivity index (χ3n) is 5.55. The van der Waals surface area contributed by atoms with Crippen molar-refractivity contribution in [3.63, 3.8) is 0 Å². The van der Waals surface area contributed by atoms with Crippen molar-refractivity contribution in [3.8, 4) is 5.75 Å². The first-order valence-corrected chi connectivity index (χ1v) is 13.9. The highest BCUT2D eigenvalue weighted by atomic mass is 79.9. The van der Waals surface area contributed by atoms with Crippen molar-refractivity contribution in [2.45, 2.75) is 12.8 Å². The van der Waals surface area contributed by atoms with Crippen molar-refractivity contribution < 1.29 is 42.2 Å². The molecule has 3 aromatic rings. The number of ether oxygens (including phenoxy) is 1. The van der Waals surface area contributed by atoms with Gasteiger partial charge in [-0.3, -0.25) is 19.3 Å². The Morgan fingerprint density at radius 1 is 1.02 bits per heavy atom. The molecule has 0 unspecified atom stereocenters. The first-order chi connectivity index (χ1) is 19.3. The molecule has 0 atom stereocenters. The number of carboxylic acids is 1. The number of hydrogen-bond acceptors (Lipinski definition) is 6. The molecule has 1 aliphatic heterocycles. The summed E-state index contributed by atoms with van der Waals surface area (Å²) in [4.78, 5) is 49.5. The number of nitrogens with zero attached hydrogens (tertiary/aromatic N) is 1. The second-order valence-electron chi connectivity index (χ2n) is 8.50. The molecule has 0 aliphatic carbocycles. The van der Waals surface area contributed by atoms with Gasteiger partial charge < -0.3 is 15.2 Å². The van der Waals surface area contributed by atoms with Crippen LogP contribution in [0, 0.1) is 0 Å². The van der Waals surface area contributed by atoms with E-state index in [4.69, 9.17) is 9.84 Å². The minimum absolute atomic E-state index is 0.0489. The molecule has 3 aromatic carbocycles. The van der Waals surface area contributed by atoms with Crippen molar-refractivity contribution in [2.24, 2.45) is 0 Å². The van der Waals surface area contributed by atoms with Crippen LogP contribution < -0.4 is 10.1 Å². The summed E-state index contributed by atoms with van der Waals surface area (Å²) in [6, 6.07) is 13.5. The van der Waals surface area contributed by atoms with E-state index in [1.807, 2.05) is 0 Å². The molecule has 0 aromatic heterocycles. The number of hydrogen-bond donors (Lipinski definition) is 2. The van der Waals surface area contributed by atoms with E-state index in [2.05, 4.69) is 37.2 Å². The van der Waals surface area contributed by atoms with Gasteiger partial charge in [-0.1, -0.05) is 18.2 Å². The Bertz CT molecular complexity index is 1550. The molecule has 212 valence electrons. The third-order valence-corrected chi connectivity index (χ3v) is 7.64. The number of anilines is 1. The number of thioether (sulfide) groups is 1. The van der Waals surface area contributed by atoms with Gasteiger partial charge in [-0.2, -0.15) is 13.2 Å². The van der Waals surface area contributed by atoms with Crippen molar-refractivity contribution >= 4 is 78.4 Å². The highest BCUT2D eigenvalue weighted by Gasteiger charge is 2.36. The number of halogens is 5. The smallest absolute Gasteiger partial charge is 0.416 e. The topological polar surface area (TPSA) is 113 Å². The lowest BCUT2D eigenvalue weighted by molar-refractivity contribution is -0.137. The van der Waals surface area contributed by atoms with Gasteiger partial charge in [0.05, 0.1) is 25.0 Å². The van der Waals surface area contributed by atoms with E-state index in [9.17, 15) is 32.3 Å². The fourth-order valence-corrected chi connectivity index (χ4v) is 5.89. The maximum atomic E-state index is 12.9. The predicted octanol–water partition coefficient (Wildman–Crippen LogP) is 7.18. The van der Waals surface area contributed by atoms with Gasteiger partial charge in [0.1, 0.15) is 18.9 Å². The van der Waals surface area contributed by atoms with Crippen LogP contribution in [0.5, 0.6) is 5.75 Å². The summed E-state index contributed by atoms with van der Waals surface area (Å²) in [5.74, 6) is -2.15. The Balaban J connectivity index is 1.42. The van der Waals surface area contributed by atoms with E-state index in [1.165, 1.54) is 24.3 Å². The number of imide groups is 1. The SMILES string of the molecule is O=C(CN1C(=O)S/C(=C\c2cc(Br)c(OCc3ccc(C(=O)O)cc3)c(Br)c2)C1=O)Nc1cccc(C(F)(F)F)c1. The maximum absolute atomic E-state index is 12.9. The zero-order valence-corrected chi connectivity index (χ0v) is 24.5. The van der Waals surface area contributed by atoms with E-state index in [-0.39, 0.29) is 22.8 Å². The molecule has 1 aliphatic rings. The zero-order chi connectivity index (χ0) is 29.9. The second-order valence-corrected chi connectivity index (χ2v) is 11.2. The second kappa shape index (κ2) is 12.5. The van der Waals surface area contributed by atoms with Crippen molar-refractivity contribution in [2.75, 3.05) is 11.9 Å². The summed E-state index contributed by atoms with van der Waals surface area (Å²) < 4.78 is 45.7. The zero-order valence-electron chi connectivity index (χ0n) is 20.5. The van der Waals surface area contributed by atoms with Gasteiger partial charge >= 0.3 is 12.1 Å². The number of aromatic carboxylic acids is 1. The Labute approximate surface area is 251 Å². The van der Waals surface area contributed by atoms with Crippen LogP contribution in [0.4, 0.5) is 23.7 Å². The van der Waals surface area contributed by atoms with Gasteiger partial charge in [0.2, 0.25) is 5.91 Å². The first-order valence-electron chi connectivity index (χ1n) is 11.5. The van der Waals surface area contributed by atoms with Gasteiger partial charge in [-0.25, -0.2) is 4.79 Å². The standard InChI is InChI=1S/C27H17Br2F3N2O6S/c28-19-8-15(9-20(29)23(19)40-13-14-4-6-16(7-5-14)25(37)38)10-21-24(36)34(26(39)41-21)12-22(35)33-18-3-1-2-17(11-18)27(30,31)32/h1-11H,12-13H2,(H,33,35)(H,37,38)/b21-10-. The van der Waals surface area contributed by atoms with Crippen LogP contribution in [0.1, 0.15) is 27.0 Å². The lowest BCUT2D eigenvalue weighted by Crippen LogP contribution is -2.36. The van der Waals surface area contributed by atoms with Crippen LogP contribution in [0.25, 0.3) is 6.08 Å². The van der Waals surface area contributed by atoms with Crippen LogP contribution in [0.2, 0.25) is 0 Å². The Morgan fingerprint density at radius 2 is 1.68 bits per heavy atom. The van der Waals surface area contributed by atoms with Crippen LogP contribution in [0.15, 0.2) is 74.5 Å². The largest absolute Gasteiger partial charge is 0.487 e. The fourth-order valence-electron chi connectivity index (χ4n) is 3.60. The molecule has 0 bridgehead atoms. The maximum Gasteiger partial charge on any atom is 0.416 e. The van der Waals surface area contributed by atoms with Crippen molar-refractivity contribution in [3.05, 3.63) is 96.8 Å². The molecule has 41 heavy (non-hydrogen) atoms. The fraction of sp³-hybridized carbons (Fsp3) is 0.111. The van der Waals surface area contributed by atoms with E-state index >= 15 is 0 Å². The van der Waals surface area contributed by atoms with Crippen LogP contribution in [-0.2, 0) is 22.4 Å². The van der Waals surface area contributed by atoms with Crippen molar-refractivity contribution in [1.82, 2.24) is 4.90 Å². The molecule has 3 amide bonds. The van der Waals surface area contributed by atoms with Crippen LogP contribution in [0.3, 0.4) is 0 Å². The molecule has 0 radical (unpaired) electrons. The van der Waals surface area contributed by atoms with Crippen molar-refractivity contribution in [1.29, 1.82) is 0 Å². The minimum Gasteiger partial charge on any atom is -0.487 e. The van der Waals surface area contributed by atoms with Crippen LogP contribution in [-0.4, -0.2) is 39.6 Å². The number of nitrogens with one attached hydrogen (secondary N) is 1. The van der Waals surface area contributed by atoms with Gasteiger partial charge in [0.15, 0.2) is 0 Å². The molecule has 0 saturated carbocycles. The van der Waals surface area contributed by atoms with Crippen LogP contribution >= 0.6 is 43.6 Å². The van der Waals surface area contributed by atoms with E-state index in [0.717, 1.165) is 23.8 Å². The van der Waals surface area contributed by atoms with Gasteiger partial charge in [-0.05, 0) is 103 Å². The molecular formula is C27H17Br2F3N2O6S. The highest BCUT2D eigenvalue weighted by molar-refractivity contribution is 9.11. The van der Waals surface area contributed by atoms with Gasteiger partial charge in [0.25, 0.3) is 11.1 Å². The number of benzene rings is 3. The quantitative estimate of drug-likeness (QED) is 0.238.